The van der Waals surface area contributed by atoms with Crippen LogP contribution in [0.4, 0.5) is 11.4 Å². The molecule has 1 saturated heterocycles. The van der Waals surface area contributed by atoms with Crippen LogP contribution in [-0.4, -0.2) is 48.4 Å². The minimum Gasteiger partial charge on any atom is -0.452 e. The molecule has 3 rings (SSSR count). The fourth-order valence-electron chi connectivity index (χ4n) is 3.38. The van der Waals surface area contributed by atoms with Crippen LogP contribution in [0.1, 0.15) is 35.7 Å². The molecular formula is C21H25N3O5S. The first-order valence-electron chi connectivity index (χ1n) is 9.80. The molecule has 0 saturated carbocycles. The summed E-state index contributed by atoms with van der Waals surface area (Å²) in [6.45, 7) is 3.67. The summed E-state index contributed by atoms with van der Waals surface area (Å²) >= 11 is 1.54. The van der Waals surface area contributed by atoms with Gasteiger partial charge in [-0.1, -0.05) is 6.92 Å². The average Bonchev–Trinajstić information content (AvgIpc) is 3.24. The fourth-order valence-corrected chi connectivity index (χ4v) is 4.04. The van der Waals surface area contributed by atoms with Crippen molar-refractivity contribution in [3.63, 3.8) is 0 Å². The molecule has 0 N–H and O–H groups in total. The molecule has 9 heteroatoms. The maximum Gasteiger partial charge on any atom is 0.338 e. The number of thiophene rings is 1. The van der Waals surface area contributed by atoms with Crippen molar-refractivity contribution in [2.45, 2.75) is 26.3 Å². The van der Waals surface area contributed by atoms with Crippen molar-refractivity contribution >= 4 is 34.6 Å². The topological polar surface area (TPSA) is 93.0 Å². The highest BCUT2D eigenvalue weighted by atomic mass is 32.1. The molecule has 0 atom stereocenters. The summed E-state index contributed by atoms with van der Waals surface area (Å²) in [5.74, 6) is -0.498. The molecule has 1 aliphatic heterocycles. The number of anilines is 1. The van der Waals surface area contributed by atoms with Crippen molar-refractivity contribution in [2.24, 2.45) is 5.92 Å². The SMILES string of the molecule is CC1CCN(c2ccc(C(=O)OCC(=O)N(C)Cc3ccsc3)cc2[N+](=O)[O-])CC1. The van der Waals surface area contributed by atoms with E-state index in [4.69, 9.17) is 4.74 Å². The fraction of sp³-hybridized carbons (Fsp3) is 0.429. The number of ether oxygens (including phenoxy) is 1. The molecule has 1 aromatic heterocycles. The molecule has 8 nitrogen and oxygen atoms in total. The molecule has 1 amide bonds. The van der Waals surface area contributed by atoms with E-state index in [1.54, 1.807) is 24.5 Å². The third-order valence-corrected chi connectivity index (χ3v) is 6.02. The zero-order chi connectivity index (χ0) is 21.7. The lowest BCUT2D eigenvalue weighted by molar-refractivity contribution is -0.384. The molecule has 1 fully saturated rings. The number of likely N-dealkylation sites (N-methyl/N-ethyl adjacent to an activating group) is 1. The van der Waals surface area contributed by atoms with Crippen LogP contribution in [-0.2, 0) is 16.1 Å². The highest BCUT2D eigenvalue weighted by molar-refractivity contribution is 7.07. The Labute approximate surface area is 179 Å². The maximum absolute atomic E-state index is 12.4. The van der Waals surface area contributed by atoms with Crippen LogP contribution < -0.4 is 4.90 Å². The molecule has 0 aliphatic carbocycles. The van der Waals surface area contributed by atoms with E-state index >= 15 is 0 Å². The zero-order valence-electron chi connectivity index (χ0n) is 17.1. The number of piperidine rings is 1. The summed E-state index contributed by atoms with van der Waals surface area (Å²) in [5.41, 5.74) is 1.44. The lowest BCUT2D eigenvalue weighted by Gasteiger charge is -2.31. The lowest BCUT2D eigenvalue weighted by Crippen LogP contribution is -2.33. The number of rotatable bonds is 7. The van der Waals surface area contributed by atoms with Crippen molar-refractivity contribution < 1.29 is 19.2 Å². The van der Waals surface area contributed by atoms with Gasteiger partial charge in [0.05, 0.1) is 10.5 Å². The number of esters is 1. The molecule has 1 aliphatic rings. The quantitative estimate of drug-likeness (QED) is 0.377. The second kappa shape index (κ2) is 9.71. The summed E-state index contributed by atoms with van der Waals surface area (Å²) in [7, 11) is 1.63. The van der Waals surface area contributed by atoms with Gasteiger partial charge >= 0.3 is 5.97 Å². The van der Waals surface area contributed by atoms with Gasteiger partial charge in [-0.3, -0.25) is 14.9 Å². The van der Waals surface area contributed by atoms with Crippen LogP contribution >= 0.6 is 11.3 Å². The molecule has 0 bridgehead atoms. The number of nitro benzene ring substituents is 1. The van der Waals surface area contributed by atoms with Gasteiger partial charge < -0.3 is 14.5 Å². The normalized spacial score (nSPS) is 14.4. The first-order chi connectivity index (χ1) is 14.3. The number of nitrogens with zero attached hydrogens (tertiary/aromatic N) is 3. The summed E-state index contributed by atoms with van der Waals surface area (Å²) in [5, 5.41) is 15.4. The van der Waals surface area contributed by atoms with Gasteiger partial charge in [-0.05, 0) is 53.3 Å². The lowest BCUT2D eigenvalue weighted by atomic mass is 9.98. The highest BCUT2D eigenvalue weighted by Gasteiger charge is 2.25. The van der Waals surface area contributed by atoms with Gasteiger partial charge in [0, 0.05) is 32.7 Å². The second-order valence-corrected chi connectivity index (χ2v) is 8.37. The predicted molar refractivity (Wildman–Crippen MR) is 115 cm³/mol. The molecule has 0 radical (unpaired) electrons. The van der Waals surface area contributed by atoms with E-state index in [1.165, 1.54) is 17.0 Å². The van der Waals surface area contributed by atoms with E-state index in [-0.39, 0.29) is 17.2 Å². The van der Waals surface area contributed by atoms with Crippen molar-refractivity contribution in [1.29, 1.82) is 0 Å². The van der Waals surface area contributed by atoms with Gasteiger partial charge in [-0.15, -0.1) is 0 Å². The summed E-state index contributed by atoms with van der Waals surface area (Å²) in [4.78, 5) is 39.1. The largest absolute Gasteiger partial charge is 0.452 e. The minimum absolute atomic E-state index is 0.0594. The summed E-state index contributed by atoms with van der Waals surface area (Å²) < 4.78 is 5.10. The molecule has 2 heterocycles. The zero-order valence-corrected chi connectivity index (χ0v) is 17.9. The number of hydrogen-bond acceptors (Lipinski definition) is 7. The Morgan fingerprint density at radius 1 is 1.30 bits per heavy atom. The van der Waals surface area contributed by atoms with Gasteiger partial charge in [0.15, 0.2) is 6.61 Å². The van der Waals surface area contributed by atoms with E-state index in [1.807, 2.05) is 21.7 Å². The van der Waals surface area contributed by atoms with Crippen LogP contribution in [0, 0.1) is 16.0 Å². The molecule has 160 valence electrons. The Morgan fingerprint density at radius 3 is 2.67 bits per heavy atom. The summed E-state index contributed by atoms with van der Waals surface area (Å²) in [6, 6.07) is 6.26. The van der Waals surface area contributed by atoms with Crippen molar-refractivity contribution in [3.05, 3.63) is 56.3 Å². The van der Waals surface area contributed by atoms with E-state index in [0.29, 0.717) is 18.2 Å². The average molecular weight is 432 g/mol. The standard InChI is InChI=1S/C21H25N3O5S/c1-15-5-8-23(9-6-15)18-4-3-17(11-19(18)24(27)28)21(26)29-13-20(25)22(2)12-16-7-10-30-14-16/h3-4,7,10-11,14-15H,5-6,8-9,12-13H2,1-2H3. The molecule has 1 aromatic carbocycles. The number of amides is 1. The molecule has 0 spiro atoms. The Kier molecular flexibility index (Phi) is 7.04. The number of benzene rings is 1. The molecule has 30 heavy (non-hydrogen) atoms. The van der Waals surface area contributed by atoms with Crippen molar-refractivity contribution in [2.75, 3.05) is 31.6 Å². The van der Waals surface area contributed by atoms with Gasteiger partial charge in [0.2, 0.25) is 0 Å². The number of hydrogen-bond donors (Lipinski definition) is 0. The Bertz CT molecular complexity index is 907. The first kappa shape index (κ1) is 21.8. The number of carbonyl (C=O) groups excluding carboxylic acids is 2. The van der Waals surface area contributed by atoms with Crippen LogP contribution in [0.3, 0.4) is 0 Å². The van der Waals surface area contributed by atoms with Gasteiger partial charge in [-0.25, -0.2) is 4.79 Å². The Hall–Kier alpha value is -2.94. The monoisotopic (exact) mass is 431 g/mol. The molecular weight excluding hydrogens is 406 g/mol. The van der Waals surface area contributed by atoms with Crippen molar-refractivity contribution in [3.8, 4) is 0 Å². The van der Waals surface area contributed by atoms with E-state index in [2.05, 4.69) is 6.92 Å². The number of carbonyl (C=O) groups is 2. The van der Waals surface area contributed by atoms with Gasteiger partial charge in [0.25, 0.3) is 11.6 Å². The third kappa shape index (κ3) is 5.35. The van der Waals surface area contributed by atoms with Crippen LogP contribution in [0.5, 0.6) is 0 Å². The Morgan fingerprint density at radius 2 is 2.03 bits per heavy atom. The molecule has 0 unspecified atom stereocenters. The van der Waals surface area contributed by atoms with E-state index < -0.39 is 17.5 Å². The smallest absolute Gasteiger partial charge is 0.338 e. The van der Waals surface area contributed by atoms with Crippen molar-refractivity contribution in [1.82, 2.24) is 4.90 Å². The predicted octanol–water partition coefficient (Wildman–Crippen LogP) is 3.71. The van der Waals surface area contributed by atoms with Crippen LogP contribution in [0.2, 0.25) is 0 Å². The van der Waals surface area contributed by atoms with Crippen LogP contribution in [0.15, 0.2) is 35.0 Å². The van der Waals surface area contributed by atoms with Gasteiger partial charge in [0.1, 0.15) is 5.69 Å². The van der Waals surface area contributed by atoms with E-state index in [0.717, 1.165) is 31.5 Å². The second-order valence-electron chi connectivity index (χ2n) is 7.59. The van der Waals surface area contributed by atoms with Gasteiger partial charge in [-0.2, -0.15) is 11.3 Å². The first-order valence-corrected chi connectivity index (χ1v) is 10.7. The third-order valence-electron chi connectivity index (χ3n) is 5.28. The number of nitro groups is 1. The Balaban J connectivity index is 1.63. The molecule has 2 aromatic rings. The summed E-state index contributed by atoms with van der Waals surface area (Å²) in [6.07, 6.45) is 1.95. The maximum atomic E-state index is 12.4. The minimum atomic E-state index is -0.755. The highest BCUT2D eigenvalue weighted by Crippen LogP contribution is 2.32. The van der Waals surface area contributed by atoms with E-state index in [9.17, 15) is 19.7 Å². The van der Waals surface area contributed by atoms with Crippen LogP contribution in [0.25, 0.3) is 0 Å².